The van der Waals surface area contributed by atoms with Crippen LogP contribution in [-0.2, 0) is 11.0 Å². The van der Waals surface area contributed by atoms with Gasteiger partial charge in [0.2, 0.25) is 0 Å². The molecule has 0 spiro atoms. The Labute approximate surface area is 189 Å². The molecular weight excluding hydrogens is 476 g/mol. The van der Waals surface area contributed by atoms with Crippen LogP contribution in [0.5, 0.6) is 0 Å². The molecule has 10 heteroatoms. The van der Waals surface area contributed by atoms with Gasteiger partial charge in [0.1, 0.15) is 23.2 Å². The van der Waals surface area contributed by atoms with Crippen LogP contribution in [0.1, 0.15) is 11.3 Å². The summed E-state index contributed by atoms with van der Waals surface area (Å²) in [5.41, 5.74) is -0.854. The number of benzene rings is 2. The van der Waals surface area contributed by atoms with Gasteiger partial charge in [0, 0.05) is 17.3 Å². The normalized spacial score (nSPS) is 11.8. The van der Waals surface area contributed by atoms with Gasteiger partial charge in [0.05, 0.1) is 20.6 Å². The predicted molar refractivity (Wildman–Crippen MR) is 113 cm³/mol. The summed E-state index contributed by atoms with van der Waals surface area (Å²) in [5, 5.41) is 12.4. The van der Waals surface area contributed by atoms with Crippen molar-refractivity contribution in [1.82, 2.24) is 0 Å². The molecule has 4 nitrogen and oxygen atoms in total. The second kappa shape index (κ2) is 9.06. The van der Waals surface area contributed by atoms with Crippen molar-refractivity contribution in [3.63, 3.8) is 0 Å². The van der Waals surface area contributed by atoms with Crippen molar-refractivity contribution in [1.29, 1.82) is 5.26 Å². The van der Waals surface area contributed by atoms with Crippen molar-refractivity contribution in [2.75, 3.05) is 5.32 Å². The van der Waals surface area contributed by atoms with Crippen molar-refractivity contribution in [3.05, 3.63) is 80.5 Å². The summed E-state index contributed by atoms with van der Waals surface area (Å²) in [6.07, 6.45) is -3.40. The SMILES string of the molecule is N#CC(=Cc1ccc(-c2cc(C(F)(F)F)ccc2Cl)o1)C(=O)Nc1ccc(Cl)c(Cl)c1. The lowest BCUT2D eigenvalue weighted by Gasteiger charge is -2.09. The Hall–Kier alpha value is -2.92. The standard InChI is InChI=1S/C21H10Cl3F3N2O2/c22-16-4-1-12(21(25,26)27)8-15(16)19-6-3-14(31-19)7-11(10-28)20(30)29-13-2-5-17(23)18(24)9-13/h1-9H,(H,29,30). The van der Waals surface area contributed by atoms with Gasteiger partial charge in [0.25, 0.3) is 5.91 Å². The zero-order chi connectivity index (χ0) is 22.8. The summed E-state index contributed by atoms with van der Waals surface area (Å²) in [6.45, 7) is 0. The van der Waals surface area contributed by atoms with Crippen LogP contribution >= 0.6 is 34.8 Å². The van der Waals surface area contributed by atoms with Gasteiger partial charge in [-0.2, -0.15) is 18.4 Å². The highest BCUT2D eigenvalue weighted by Crippen LogP contribution is 2.36. The first-order chi connectivity index (χ1) is 14.6. The maximum atomic E-state index is 13.0. The van der Waals surface area contributed by atoms with Gasteiger partial charge in [-0.3, -0.25) is 4.79 Å². The van der Waals surface area contributed by atoms with E-state index in [0.717, 1.165) is 24.3 Å². The van der Waals surface area contributed by atoms with E-state index in [9.17, 15) is 23.2 Å². The molecule has 31 heavy (non-hydrogen) atoms. The monoisotopic (exact) mass is 484 g/mol. The Kier molecular flexibility index (Phi) is 6.65. The third-order valence-corrected chi connectivity index (χ3v) is 5.08. The second-order valence-corrected chi connectivity index (χ2v) is 7.37. The molecule has 1 amide bonds. The number of furan rings is 1. The number of rotatable bonds is 4. The maximum absolute atomic E-state index is 13.0. The molecule has 158 valence electrons. The zero-order valence-electron chi connectivity index (χ0n) is 15.2. The molecule has 0 bridgehead atoms. The van der Waals surface area contributed by atoms with Crippen molar-refractivity contribution in [3.8, 4) is 17.4 Å². The number of hydrogen-bond donors (Lipinski definition) is 1. The van der Waals surface area contributed by atoms with E-state index in [-0.39, 0.29) is 32.7 Å². The van der Waals surface area contributed by atoms with Crippen molar-refractivity contribution < 1.29 is 22.4 Å². The Morgan fingerprint density at radius 2 is 1.71 bits per heavy atom. The number of amides is 1. The van der Waals surface area contributed by atoms with E-state index >= 15 is 0 Å². The van der Waals surface area contributed by atoms with Gasteiger partial charge in [-0.1, -0.05) is 34.8 Å². The van der Waals surface area contributed by atoms with Gasteiger partial charge in [-0.25, -0.2) is 0 Å². The van der Waals surface area contributed by atoms with Crippen molar-refractivity contribution >= 4 is 52.5 Å². The molecule has 2 aromatic carbocycles. The Morgan fingerprint density at radius 1 is 1.00 bits per heavy atom. The molecule has 0 radical (unpaired) electrons. The molecule has 0 saturated carbocycles. The first kappa shape index (κ1) is 22.8. The minimum atomic E-state index is -4.55. The molecule has 0 aliphatic rings. The van der Waals surface area contributed by atoms with Gasteiger partial charge in [0.15, 0.2) is 0 Å². The summed E-state index contributed by atoms with van der Waals surface area (Å²) in [7, 11) is 0. The average molecular weight is 486 g/mol. The Balaban J connectivity index is 1.86. The number of alkyl halides is 3. The number of carbonyl (C=O) groups excluding carboxylic acids is 1. The molecule has 1 heterocycles. The molecule has 0 fully saturated rings. The van der Waals surface area contributed by atoms with Crippen LogP contribution in [0, 0.1) is 11.3 Å². The van der Waals surface area contributed by atoms with E-state index < -0.39 is 17.6 Å². The fourth-order valence-electron chi connectivity index (χ4n) is 2.53. The third kappa shape index (κ3) is 5.42. The largest absolute Gasteiger partial charge is 0.457 e. The number of nitriles is 1. The molecule has 0 atom stereocenters. The van der Waals surface area contributed by atoms with Crippen LogP contribution in [0.2, 0.25) is 15.1 Å². The summed E-state index contributed by atoms with van der Waals surface area (Å²) < 4.78 is 44.4. The highest BCUT2D eigenvalue weighted by molar-refractivity contribution is 6.42. The van der Waals surface area contributed by atoms with Crippen LogP contribution in [-0.4, -0.2) is 5.91 Å². The highest BCUT2D eigenvalue weighted by atomic mass is 35.5. The minimum absolute atomic E-state index is 0.0231. The third-order valence-electron chi connectivity index (χ3n) is 4.02. The zero-order valence-corrected chi connectivity index (χ0v) is 17.5. The number of carbonyl (C=O) groups is 1. The van der Waals surface area contributed by atoms with Gasteiger partial charge in [-0.05, 0) is 48.5 Å². The quantitative estimate of drug-likeness (QED) is 0.308. The fraction of sp³-hybridized carbons (Fsp3) is 0.0476. The molecule has 0 saturated heterocycles. The summed E-state index contributed by atoms with van der Waals surface area (Å²) in [5.74, 6) is -0.621. The van der Waals surface area contributed by atoms with E-state index in [1.54, 1.807) is 6.07 Å². The highest BCUT2D eigenvalue weighted by Gasteiger charge is 2.31. The maximum Gasteiger partial charge on any atom is 0.416 e. The van der Waals surface area contributed by atoms with Gasteiger partial charge >= 0.3 is 6.18 Å². The fourth-order valence-corrected chi connectivity index (χ4v) is 3.04. The van der Waals surface area contributed by atoms with Crippen molar-refractivity contribution in [2.45, 2.75) is 6.18 Å². The molecular formula is C21H10Cl3F3N2O2. The van der Waals surface area contributed by atoms with Crippen LogP contribution in [0.15, 0.2) is 58.5 Å². The topological polar surface area (TPSA) is 66.0 Å². The predicted octanol–water partition coefficient (Wildman–Crippen LogP) is 7.47. The number of hydrogen-bond acceptors (Lipinski definition) is 3. The Morgan fingerprint density at radius 3 is 2.35 bits per heavy atom. The lowest BCUT2D eigenvalue weighted by atomic mass is 10.1. The molecule has 1 aromatic heterocycles. The van der Waals surface area contributed by atoms with Gasteiger partial charge in [-0.15, -0.1) is 0 Å². The number of anilines is 1. The van der Waals surface area contributed by atoms with Crippen molar-refractivity contribution in [2.24, 2.45) is 0 Å². The Bertz CT molecular complexity index is 1230. The molecule has 0 unspecified atom stereocenters. The summed E-state index contributed by atoms with van der Waals surface area (Å²) >= 11 is 17.7. The first-order valence-electron chi connectivity index (χ1n) is 8.43. The molecule has 0 aliphatic heterocycles. The summed E-state index contributed by atoms with van der Waals surface area (Å²) in [4.78, 5) is 12.4. The van der Waals surface area contributed by atoms with E-state index in [1.807, 2.05) is 0 Å². The van der Waals surface area contributed by atoms with Crippen LogP contribution < -0.4 is 5.32 Å². The first-order valence-corrected chi connectivity index (χ1v) is 9.57. The summed E-state index contributed by atoms with van der Waals surface area (Å²) in [6, 6.07) is 11.8. The van der Waals surface area contributed by atoms with Gasteiger partial charge < -0.3 is 9.73 Å². The smallest absolute Gasteiger partial charge is 0.416 e. The molecule has 0 aliphatic carbocycles. The molecule has 3 aromatic rings. The number of halogens is 6. The number of nitrogens with zero attached hydrogens (tertiary/aromatic N) is 1. The lowest BCUT2D eigenvalue weighted by Crippen LogP contribution is -2.13. The minimum Gasteiger partial charge on any atom is -0.457 e. The molecule has 1 N–H and O–H groups in total. The number of nitrogens with one attached hydrogen (secondary N) is 1. The van der Waals surface area contributed by atoms with E-state index in [0.29, 0.717) is 10.7 Å². The van der Waals surface area contributed by atoms with Crippen LogP contribution in [0.3, 0.4) is 0 Å². The lowest BCUT2D eigenvalue weighted by molar-refractivity contribution is -0.137. The van der Waals surface area contributed by atoms with Crippen LogP contribution in [0.4, 0.5) is 18.9 Å². The second-order valence-electron chi connectivity index (χ2n) is 6.15. The van der Waals surface area contributed by atoms with E-state index in [4.69, 9.17) is 39.2 Å². The average Bonchev–Trinajstić information content (AvgIpc) is 3.16. The van der Waals surface area contributed by atoms with E-state index in [1.165, 1.54) is 30.3 Å². The van der Waals surface area contributed by atoms with Crippen LogP contribution in [0.25, 0.3) is 17.4 Å². The molecule has 3 rings (SSSR count). The van der Waals surface area contributed by atoms with E-state index in [2.05, 4.69) is 5.32 Å².